The zero-order valence-corrected chi connectivity index (χ0v) is 8.88. The van der Waals surface area contributed by atoms with Gasteiger partial charge in [-0.2, -0.15) is 0 Å². The number of aromatic nitrogens is 2. The third-order valence-corrected chi connectivity index (χ3v) is 2.68. The van der Waals surface area contributed by atoms with Crippen LogP contribution < -0.4 is 0 Å². The van der Waals surface area contributed by atoms with Gasteiger partial charge in [-0.05, 0) is 29.8 Å². The fourth-order valence-electron chi connectivity index (χ4n) is 1.89. The van der Waals surface area contributed by atoms with Gasteiger partial charge in [-0.25, -0.2) is 0 Å². The summed E-state index contributed by atoms with van der Waals surface area (Å²) in [4.78, 5) is 4.45. The van der Waals surface area contributed by atoms with Crippen LogP contribution in [0.1, 0.15) is 5.56 Å². The number of hydrogen-bond donors (Lipinski definition) is 0. The first kappa shape index (κ1) is 9.16. The minimum atomic E-state index is 0.880. The second-order valence-corrected chi connectivity index (χ2v) is 3.89. The molecule has 2 heterocycles. The van der Waals surface area contributed by atoms with E-state index in [1.165, 1.54) is 10.9 Å². The molecule has 16 heavy (non-hydrogen) atoms. The normalized spacial score (nSPS) is 10.8. The number of para-hydroxylation sites is 1. The maximum Gasteiger partial charge on any atom is 0.0702 e. The lowest BCUT2D eigenvalue weighted by Crippen LogP contribution is -1.96. The lowest BCUT2D eigenvalue weighted by atomic mass is 10.1. The van der Waals surface area contributed by atoms with Crippen LogP contribution in [0.25, 0.3) is 10.9 Å². The van der Waals surface area contributed by atoms with Crippen molar-refractivity contribution in [1.29, 1.82) is 0 Å². The molecule has 0 spiro atoms. The Balaban J connectivity index is 1.99. The van der Waals surface area contributed by atoms with Crippen molar-refractivity contribution in [3.05, 3.63) is 66.6 Å². The van der Waals surface area contributed by atoms with Crippen LogP contribution in [0.5, 0.6) is 0 Å². The van der Waals surface area contributed by atoms with Crippen LogP contribution in [0.3, 0.4) is 0 Å². The summed E-state index contributed by atoms with van der Waals surface area (Å²) in [5, 5.41) is 1.20. The molecular formula is C14H12N2. The fraction of sp³-hybridized carbons (Fsp3) is 0.0714. The molecule has 3 rings (SSSR count). The topological polar surface area (TPSA) is 17.8 Å². The maximum absolute atomic E-state index is 4.45. The highest BCUT2D eigenvalue weighted by Crippen LogP contribution is 2.13. The van der Waals surface area contributed by atoms with Gasteiger partial charge in [-0.15, -0.1) is 0 Å². The Hall–Kier alpha value is -2.09. The average Bonchev–Trinajstić information content (AvgIpc) is 2.82. The van der Waals surface area contributed by atoms with E-state index in [9.17, 15) is 0 Å². The molecular weight excluding hydrogens is 196 g/mol. The summed E-state index contributed by atoms with van der Waals surface area (Å²) in [6, 6.07) is 14.5. The molecule has 0 fully saturated rings. The molecule has 1 aromatic carbocycles. The van der Waals surface area contributed by atoms with Crippen molar-refractivity contribution in [2.75, 3.05) is 0 Å². The summed E-state index contributed by atoms with van der Waals surface area (Å²) in [7, 11) is 0. The lowest BCUT2D eigenvalue weighted by molar-refractivity contribution is 0.804. The Bertz CT molecular complexity index is 597. The molecule has 3 aromatic rings. The van der Waals surface area contributed by atoms with Crippen molar-refractivity contribution in [3.63, 3.8) is 0 Å². The van der Waals surface area contributed by atoms with Crippen molar-refractivity contribution < 1.29 is 0 Å². The van der Waals surface area contributed by atoms with E-state index >= 15 is 0 Å². The van der Waals surface area contributed by atoms with Gasteiger partial charge in [0.05, 0.1) is 5.52 Å². The largest absolute Gasteiger partial charge is 0.350 e. The molecule has 2 nitrogen and oxygen atoms in total. The maximum atomic E-state index is 4.45. The molecule has 2 heteroatoms. The van der Waals surface area contributed by atoms with Gasteiger partial charge >= 0.3 is 0 Å². The van der Waals surface area contributed by atoms with Gasteiger partial charge in [0.1, 0.15) is 0 Å². The molecule has 78 valence electrons. The fourth-order valence-corrected chi connectivity index (χ4v) is 1.89. The highest BCUT2D eigenvalue weighted by molar-refractivity contribution is 5.78. The summed E-state index contributed by atoms with van der Waals surface area (Å²) in [5.74, 6) is 0. The molecule has 0 saturated carbocycles. The van der Waals surface area contributed by atoms with Gasteiger partial charge in [-0.1, -0.05) is 18.2 Å². The van der Waals surface area contributed by atoms with E-state index in [1.807, 2.05) is 36.5 Å². The van der Waals surface area contributed by atoms with Crippen LogP contribution in [0, 0.1) is 0 Å². The van der Waals surface area contributed by atoms with E-state index < -0.39 is 0 Å². The minimum Gasteiger partial charge on any atom is -0.350 e. The lowest BCUT2D eigenvalue weighted by Gasteiger charge is -2.04. The molecule has 0 atom stereocenters. The number of benzene rings is 1. The van der Waals surface area contributed by atoms with Gasteiger partial charge in [0.25, 0.3) is 0 Å². The Morgan fingerprint density at radius 3 is 2.69 bits per heavy atom. The average molecular weight is 208 g/mol. The SMILES string of the molecule is c1ccc2ncc(Cn3cccc3)cc2c1. The minimum absolute atomic E-state index is 0.880. The molecule has 0 radical (unpaired) electrons. The van der Waals surface area contributed by atoms with Crippen LogP contribution in [-0.4, -0.2) is 9.55 Å². The van der Waals surface area contributed by atoms with Gasteiger partial charge in [0, 0.05) is 30.5 Å². The zero-order valence-electron chi connectivity index (χ0n) is 8.88. The van der Waals surface area contributed by atoms with Crippen molar-refractivity contribution in [1.82, 2.24) is 9.55 Å². The predicted octanol–water partition coefficient (Wildman–Crippen LogP) is 3.08. The summed E-state index contributed by atoms with van der Waals surface area (Å²) in [6.07, 6.45) is 6.08. The van der Waals surface area contributed by atoms with E-state index in [1.54, 1.807) is 0 Å². The Kier molecular flexibility index (Phi) is 2.18. The van der Waals surface area contributed by atoms with E-state index in [0.717, 1.165) is 12.1 Å². The zero-order chi connectivity index (χ0) is 10.8. The first-order valence-electron chi connectivity index (χ1n) is 5.36. The van der Waals surface area contributed by atoms with Gasteiger partial charge < -0.3 is 4.57 Å². The third-order valence-electron chi connectivity index (χ3n) is 2.68. The monoisotopic (exact) mass is 208 g/mol. The molecule has 0 aliphatic rings. The van der Waals surface area contributed by atoms with Gasteiger partial charge in [-0.3, -0.25) is 4.98 Å². The van der Waals surface area contributed by atoms with E-state index in [4.69, 9.17) is 0 Å². The van der Waals surface area contributed by atoms with Crippen LogP contribution in [0.2, 0.25) is 0 Å². The van der Waals surface area contributed by atoms with Crippen molar-refractivity contribution in [3.8, 4) is 0 Å². The van der Waals surface area contributed by atoms with Crippen LogP contribution in [0.4, 0.5) is 0 Å². The first-order chi connectivity index (χ1) is 7.92. The summed E-state index contributed by atoms with van der Waals surface area (Å²) >= 11 is 0. The second-order valence-electron chi connectivity index (χ2n) is 3.89. The third kappa shape index (κ3) is 1.70. The van der Waals surface area contributed by atoms with Crippen molar-refractivity contribution >= 4 is 10.9 Å². The van der Waals surface area contributed by atoms with Crippen LogP contribution in [-0.2, 0) is 6.54 Å². The molecule has 0 aliphatic heterocycles. The molecule has 0 aliphatic carbocycles. The molecule has 0 N–H and O–H groups in total. The number of fused-ring (bicyclic) bond motifs is 1. The predicted molar refractivity (Wildman–Crippen MR) is 65.3 cm³/mol. The quantitative estimate of drug-likeness (QED) is 0.632. The Morgan fingerprint density at radius 2 is 1.81 bits per heavy atom. The molecule has 0 unspecified atom stereocenters. The summed E-state index contributed by atoms with van der Waals surface area (Å²) in [6.45, 7) is 0.880. The van der Waals surface area contributed by atoms with E-state index in [-0.39, 0.29) is 0 Å². The van der Waals surface area contributed by atoms with Crippen molar-refractivity contribution in [2.24, 2.45) is 0 Å². The number of nitrogens with zero attached hydrogens (tertiary/aromatic N) is 2. The number of rotatable bonds is 2. The van der Waals surface area contributed by atoms with Gasteiger partial charge in [0.2, 0.25) is 0 Å². The molecule has 0 bridgehead atoms. The Labute approximate surface area is 94.2 Å². The highest BCUT2D eigenvalue weighted by atomic mass is 14.9. The second kappa shape index (κ2) is 3.81. The number of pyridine rings is 1. The number of hydrogen-bond acceptors (Lipinski definition) is 1. The summed E-state index contributed by atoms with van der Waals surface area (Å²) < 4.78 is 2.14. The standard InChI is InChI=1S/C14H12N2/c1-2-6-14-13(5-1)9-12(10-15-14)11-16-7-3-4-8-16/h1-10H,11H2. The summed E-state index contributed by atoms with van der Waals surface area (Å²) in [5.41, 5.74) is 2.29. The Morgan fingerprint density at radius 1 is 1.00 bits per heavy atom. The van der Waals surface area contributed by atoms with Crippen LogP contribution >= 0.6 is 0 Å². The highest BCUT2D eigenvalue weighted by Gasteiger charge is 1.97. The van der Waals surface area contributed by atoms with E-state index in [0.29, 0.717) is 0 Å². The molecule has 2 aromatic heterocycles. The van der Waals surface area contributed by atoms with Crippen LogP contribution in [0.15, 0.2) is 61.1 Å². The first-order valence-corrected chi connectivity index (χ1v) is 5.36. The smallest absolute Gasteiger partial charge is 0.0702 e. The van der Waals surface area contributed by atoms with E-state index in [2.05, 4.69) is 34.1 Å². The van der Waals surface area contributed by atoms with Crippen molar-refractivity contribution in [2.45, 2.75) is 6.54 Å². The molecule has 0 amide bonds. The molecule has 0 saturated heterocycles. The van der Waals surface area contributed by atoms with Gasteiger partial charge in [0.15, 0.2) is 0 Å².